The first-order valence-electron chi connectivity index (χ1n) is 6.89. The lowest BCUT2D eigenvalue weighted by Gasteiger charge is -2.23. The van der Waals surface area contributed by atoms with Crippen LogP contribution >= 0.6 is 27.7 Å². The highest BCUT2D eigenvalue weighted by atomic mass is 79.9. The zero-order valence-corrected chi connectivity index (χ0v) is 14.9. The van der Waals surface area contributed by atoms with Gasteiger partial charge in [0.1, 0.15) is 10.7 Å². The van der Waals surface area contributed by atoms with Crippen molar-refractivity contribution in [2.75, 3.05) is 13.6 Å². The van der Waals surface area contributed by atoms with Gasteiger partial charge in [-0.2, -0.15) is 0 Å². The molecule has 0 aliphatic rings. The molecule has 2 N–H and O–H groups in total. The summed E-state index contributed by atoms with van der Waals surface area (Å²) in [6.07, 6.45) is 0. The van der Waals surface area contributed by atoms with Crippen LogP contribution in [-0.4, -0.2) is 35.4 Å². The molecule has 0 spiro atoms. The number of rotatable bonds is 5. The molecular formula is C16H18BrN3OS. The number of aromatic nitrogens is 1. The fourth-order valence-corrected chi connectivity index (χ4v) is 3.20. The van der Waals surface area contributed by atoms with Crippen LogP contribution in [0.2, 0.25) is 0 Å². The monoisotopic (exact) mass is 379 g/mol. The number of hydrogen-bond donors (Lipinski definition) is 1. The maximum Gasteiger partial charge on any atom is 0.272 e. The zero-order chi connectivity index (χ0) is 16.1. The van der Waals surface area contributed by atoms with E-state index in [0.717, 1.165) is 14.4 Å². The van der Waals surface area contributed by atoms with Crippen LogP contribution in [0.1, 0.15) is 17.4 Å². The molecule has 0 fully saturated rings. The lowest BCUT2D eigenvalue weighted by atomic mass is 10.2. The maximum atomic E-state index is 12.4. The Hall–Kier alpha value is -1.37. The Labute approximate surface area is 143 Å². The van der Waals surface area contributed by atoms with Gasteiger partial charge >= 0.3 is 0 Å². The van der Waals surface area contributed by atoms with Gasteiger partial charge in [-0.15, -0.1) is 0 Å². The fourth-order valence-electron chi connectivity index (χ4n) is 1.78. The highest BCUT2D eigenvalue weighted by Crippen LogP contribution is 2.28. The molecule has 1 atom stereocenters. The van der Waals surface area contributed by atoms with E-state index in [-0.39, 0.29) is 11.9 Å². The Morgan fingerprint density at radius 3 is 2.77 bits per heavy atom. The average Bonchev–Trinajstić information content (AvgIpc) is 2.53. The lowest BCUT2D eigenvalue weighted by Crippen LogP contribution is -2.40. The topological polar surface area (TPSA) is 59.2 Å². The Bertz CT molecular complexity index is 665. The number of nitrogens with two attached hydrogens (primary N) is 1. The first-order valence-corrected chi connectivity index (χ1v) is 8.50. The predicted molar refractivity (Wildman–Crippen MR) is 93.1 cm³/mol. The second kappa shape index (κ2) is 7.76. The molecule has 0 radical (unpaired) electrons. The second-order valence-electron chi connectivity index (χ2n) is 4.92. The molecule has 1 aromatic heterocycles. The van der Waals surface area contributed by atoms with Crippen molar-refractivity contribution in [3.05, 3.63) is 52.6 Å². The van der Waals surface area contributed by atoms with Crippen LogP contribution in [0.3, 0.4) is 0 Å². The number of amides is 1. The summed E-state index contributed by atoms with van der Waals surface area (Å²) in [7, 11) is 1.75. The van der Waals surface area contributed by atoms with Gasteiger partial charge in [-0.1, -0.05) is 39.8 Å². The third kappa shape index (κ3) is 4.32. The number of halogens is 1. The molecule has 1 amide bonds. The molecule has 0 aliphatic heterocycles. The maximum absolute atomic E-state index is 12.4. The molecule has 0 aliphatic carbocycles. The number of hydrogen-bond acceptors (Lipinski definition) is 4. The molecular weight excluding hydrogens is 362 g/mol. The van der Waals surface area contributed by atoms with Gasteiger partial charge in [-0.3, -0.25) is 4.79 Å². The molecule has 2 rings (SSSR count). The van der Waals surface area contributed by atoms with Crippen molar-refractivity contribution >= 4 is 33.6 Å². The van der Waals surface area contributed by atoms with Crippen LogP contribution in [0, 0.1) is 0 Å². The number of likely N-dealkylation sites (N-methyl/N-ethyl adjacent to an activating group) is 1. The highest BCUT2D eigenvalue weighted by molar-refractivity contribution is 9.10. The summed E-state index contributed by atoms with van der Waals surface area (Å²) in [6, 6.07) is 13.4. The van der Waals surface area contributed by atoms with Crippen LogP contribution in [0.25, 0.3) is 0 Å². The smallest absolute Gasteiger partial charge is 0.272 e. The van der Waals surface area contributed by atoms with Crippen LogP contribution in [0.4, 0.5) is 0 Å². The molecule has 22 heavy (non-hydrogen) atoms. The van der Waals surface area contributed by atoms with Crippen molar-refractivity contribution in [3.8, 4) is 0 Å². The first-order chi connectivity index (χ1) is 10.5. The summed E-state index contributed by atoms with van der Waals surface area (Å²) in [5.74, 6) is -0.116. The predicted octanol–water partition coefficient (Wildman–Crippen LogP) is 3.41. The third-order valence-electron chi connectivity index (χ3n) is 3.28. The quantitative estimate of drug-likeness (QED) is 0.864. The number of pyridine rings is 1. The van der Waals surface area contributed by atoms with Crippen LogP contribution < -0.4 is 5.73 Å². The Morgan fingerprint density at radius 2 is 2.09 bits per heavy atom. The highest BCUT2D eigenvalue weighted by Gasteiger charge is 2.17. The van der Waals surface area contributed by atoms with Gasteiger partial charge in [0.2, 0.25) is 0 Å². The SMILES string of the molecule is CC(CN)N(C)C(=O)c1cccc(Sc2cccc(Br)c2)n1. The van der Waals surface area contributed by atoms with Gasteiger partial charge in [0.05, 0.1) is 0 Å². The van der Waals surface area contributed by atoms with Crippen LogP contribution in [0.15, 0.2) is 56.9 Å². The van der Waals surface area contributed by atoms with E-state index >= 15 is 0 Å². The van der Waals surface area contributed by atoms with E-state index in [9.17, 15) is 4.79 Å². The molecule has 1 unspecified atom stereocenters. The minimum atomic E-state index is -0.116. The van der Waals surface area contributed by atoms with Gasteiger partial charge in [-0.25, -0.2) is 4.98 Å². The van der Waals surface area contributed by atoms with Crippen molar-refractivity contribution in [3.63, 3.8) is 0 Å². The summed E-state index contributed by atoms with van der Waals surface area (Å²) < 4.78 is 1.02. The summed E-state index contributed by atoms with van der Waals surface area (Å²) >= 11 is 4.97. The molecule has 4 nitrogen and oxygen atoms in total. The van der Waals surface area contributed by atoms with Gasteiger partial charge in [0, 0.05) is 29.0 Å². The van der Waals surface area contributed by atoms with E-state index < -0.39 is 0 Å². The number of benzene rings is 1. The standard InChI is InChI=1S/C16H18BrN3OS/c1-11(10-18)20(2)16(21)14-7-4-8-15(19-14)22-13-6-3-5-12(17)9-13/h3-9,11H,10,18H2,1-2H3. The van der Waals surface area contributed by atoms with Gasteiger partial charge < -0.3 is 10.6 Å². The Kier molecular flexibility index (Phi) is 5.99. The molecule has 2 aromatic rings. The normalized spacial score (nSPS) is 12.0. The molecule has 6 heteroatoms. The van der Waals surface area contributed by atoms with E-state index in [1.807, 2.05) is 43.3 Å². The van der Waals surface area contributed by atoms with Gasteiger partial charge in [0.25, 0.3) is 5.91 Å². The van der Waals surface area contributed by atoms with E-state index in [1.54, 1.807) is 18.0 Å². The minimum absolute atomic E-state index is 0.0179. The van der Waals surface area contributed by atoms with Crippen molar-refractivity contribution in [2.24, 2.45) is 5.73 Å². The largest absolute Gasteiger partial charge is 0.336 e. The summed E-state index contributed by atoms with van der Waals surface area (Å²) in [6.45, 7) is 2.34. The van der Waals surface area contributed by atoms with Crippen molar-refractivity contribution in [1.82, 2.24) is 9.88 Å². The number of carbonyl (C=O) groups excluding carboxylic acids is 1. The van der Waals surface area contributed by atoms with E-state index in [0.29, 0.717) is 12.2 Å². The molecule has 1 aromatic carbocycles. The number of carbonyl (C=O) groups is 1. The summed E-state index contributed by atoms with van der Waals surface area (Å²) in [4.78, 5) is 19.5. The van der Waals surface area contributed by atoms with Gasteiger partial charge in [0.15, 0.2) is 0 Å². The van der Waals surface area contributed by atoms with E-state index in [1.165, 1.54) is 11.8 Å². The molecule has 0 saturated heterocycles. The molecule has 116 valence electrons. The molecule has 0 bridgehead atoms. The average molecular weight is 380 g/mol. The zero-order valence-electron chi connectivity index (χ0n) is 12.5. The van der Waals surface area contributed by atoms with Crippen molar-refractivity contribution in [1.29, 1.82) is 0 Å². The summed E-state index contributed by atoms with van der Waals surface area (Å²) in [5.41, 5.74) is 6.05. The van der Waals surface area contributed by atoms with E-state index in [2.05, 4.69) is 20.9 Å². The lowest BCUT2D eigenvalue weighted by molar-refractivity contribution is 0.0741. The second-order valence-corrected chi connectivity index (χ2v) is 6.93. The first kappa shape index (κ1) is 17.0. The third-order valence-corrected chi connectivity index (χ3v) is 4.70. The Morgan fingerprint density at radius 1 is 1.36 bits per heavy atom. The minimum Gasteiger partial charge on any atom is -0.336 e. The van der Waals surface area contributed by atoms with Crippen molar-refractivity contribution < 1.29 is 4.79 Å². The van der Waals surface area contributed by atoms with E-state index in [4.69, 9.17) is 5.73 Å². The summed E-state index contributed by atoms with van der Waals surface area (Å²) in [5, 5.41) is 0.790. The molecule has 1 heterocycles. The van der Waals surface area contributed by atoms with Gasteiger partial charge in [-0.05, 0) is 37.3 Å². The fraction of sp³-hybridized carbons (Fsp3) is 0.250. The Balaban J connectivity index is 2.18. The number of nitrogens with zero attached hydrogens (tertiary/aromatic N) is 2. The van der Waals surface area contributed by atoms with Crippen molar-refractivity contribution in [2.45, 2.75) is 22.9 Å². The molecule has 0 saturated carbocycles. The van der Waals surface area contributed by atoms with Crippen LogP contribution in [0.5, 0.6) is 0 Å². The van der Waals surface area contributed by atoms with Crippen LogP contribution in [-0.2, 0) is 0 Å².